The predicted octanol–water partition coefficient (Wildman–Crippen LogP) is 1.47. The fraction of sp³-hybridized carbons (Fsp3) is 0.0952. The zero-order chi connectivity index (χ0) is 26.6. The molecule has 12 nitrogen and oxygen atoms in total. The fourth-order valence-electron chi connectivity index (χ4n) is 2.76. The molecule has 0 amide bonds. The van der Waals surface area contributed by atoms with E-state index in [2.05, 4.69) is 0 Å². The SMILES string of the molecule is COc1cc(O)c(C(=O)c2cc(S(=O)(=O)O)c(OC)cc2O)cc1S(=O)(=O)O.Oc1ccccc1.[Na].[Na]. The molecule has 0 spiro atoms. The van der Waals surface area contributed by atoms with E-state index >= 15 is 0 Å². The molecule has 0 atom stereocenters. The minimum atomic E-state index is -4.86. The number of hydrogen-bond acceptors (Lipinski definition) is 10. The van der Waals surface area contributed by atoms with Crippen LogP contribution in [0.2, 0.25) is 0 Å². The molecule has 2 radical (unpaired) electrons. The van der Waals surface area contributed by atoms with Crippen LogP contribution in [0.25, 0.3) is 0 Å². The van der Waals surface area contributed by atoms with Crippen molar-refractivity contribution in [1.29, 1.82) is 0 Å². The Morgan fingerprint density at radius 2 is 1.03 bits per heavy atom. The average Bonchev–Trinajstić information content (AvgIpc) is 2.77. The molecular formula is C21H20Na2O12S2. The number of phenols is 3. The molecule has 3 rings (SSSR count). The number of ketones is 1. The van der Waals surface area contributed by atoms with Crippen LogP contribution in [-0.4, -0.2) is 120 Å². The maximum absolute atomic E-state index is 12.7. The third-order valence-corrected chi connectivity index (χ3v) is 6.11. The number of rotatable bonds is 6. The second-order valence-corrected chi connectivity index (χ2v) is 9.44. The topological polar surface area (TPSA) is 205 Å². The number of ether oxygens (including phenoxy) is 2. The van der Waals surface area contributed by atoms with Gasteiger partial charge in [-0.05, 0) is 24.3 Å². The van der Waals surface area contributed by atoms with E-state index in [9.17, 15) is 40.9 Å². The monoisotopic (exact) mass is 574 g/mol. The van der Waals surface area contributed by atoms with Crippen LogP contribution in [0.15, 0.2) is 64.4 Å². The van der Waals surface area contributed by atoms with Gasteiger partial charge in [-0.25, -0.2) is 0 Å². The zero-order valence-corrected chi connectivity index (χ0v) is 25.7. The fourth-order valence-corrected chi connectivity index (χ4v) is 4.08. The molecule has 0 heterocycles. The zero-order valence-electron chi connectivity index (χ0n) is 20.1. The molecule has 0 fully saturated rings. The van der Waals surface area contributed by atoms with Gasteiger partial charge >= 0.3 is 0 Å². The van der Waals surface area contributed by atoms with Crippen molar-refractivity contribution in [3.63, 3.8) is 0 Å². The molecule has 0 saturated heterocycles. The van der Waals surface area contributed by atoms with Gasteiger partial charge < -0.3 is 24.8 Å². The van der Waals surface area contributed by atoms with Gasteiger partial charge in [-0.3, -0.25) is 13.9 Å². The number of para-hydroxylation sites is 1. The van der Waals surface area contributed by atoms with Crippen LogP contribution in [0.1, 0.15) is 15.9 Å². The summed E-state index contributed by atoms with van der Waals surface area (Å²) in [6, 6.07) is 11.4. The Morgan fingerprint density at radius 3 is 1.27 bits per heavy atom. The quantitative estimate of drug-likeness (QED) is 0.161. The van der Waals surface area contributed by atoms with E-state index in [1.165, 1.54) is 0 Å². The van der Waals surface area contributed by atoms with E-state index in [1.54, 1.807) is 24.3 Å². The predicted molar refractivity (Wildman–Crippen MR) is 132 cm³/mol. The van der Waals surface area contributed by atoms with Crippen LogP contribution >= 0.6 is 0 Å². The Bertz CT molecular complexity index is 1370. The summed E-state index contributed by atoms with van der Waals surface area (Å²) in [5.41, 5.74) is -1.40. The van der Waals surface area contributed by atoms with Crippen LogP contribution < -0.4 is 9.47 Å². The summed E-state index contributed by atoms with van der Waals surface area (Å²) >= 11 is 0. The summed E-state index contributed by atoms with van der Waals surface area (Å²) in [7, 11) is -7.61. The van der Waals surface area contributed by atoms with Gasteiger partial charge in [0.1, 0.15) is 38.5 Å². The number of carbonyl (C=O) groups is 1. The van der Waals surface area contributed by atoms with Gasteiger partial charge in [0.05, 0.1) is 25.3 Å². The second kappa shape index (κ2) is 14.3. The normalized spacial score (nSPS) is 10.6. The maximum atomic E-state index is 12.7. The van der Waals surface area contributed by atoms with Crippen LogP contribution in [0, 0.1) is 0 Å². The summed E-state index contributed by atoms with van der Waals surface area (Å²) in [5, 5.41) is 28.7. The van der Waals surface area contributed by atoms with Crippen molar-refractivity contribution in [3.8, 4) is 28.7 Å². The summed E-state index contributed by atoms with van der Waals surface area (Å²) < 4.78 is 73.9. The molecule has 0 aliphatic rings. The van der Waals surface area contributed by atoms with E-state index in [0.717, 1.165) is 26.4 Å². The third-order valence-electron chi connectivity index (χ3n) is 4.37. The van der Waals surface area contributed by atoms with Gasteiger partial charge in [-0.15, -0.1) is 0 Å². The minimum absolute atomic E-state index is 0. The first-order chi connectivity index (χ1) is 16.2. The third kappa shape index (κ3) is 9.14. The van der Waals surface area contributed by atoms with Crippen LogP contribution in [-0.2, 0) is 20.2 Å². The molecule has 5 N–H and O–H groups in total. The Kier molecular flexibility index (Phi) is 13.6. The molecule has 3 aromatic rings. The number of phenolic OH excluding ortho intramolecular Hbond substituents is 3. The molecule has 0 aliphatic carbocycles. The van der Waals surface area contributed by atoms with E-state index in [1.807, 2.05) is 6.07 Å². The molecule has 0 aromatic heterocycles. The Morgan fingerprint density at radius 1 is 0.676 bits per heavy atom. The van der Waals surface area contributed by atoms with Crippen LogP contribution in [0.4, 0.5) is 0 Å². The van der Waals surface area contributed by atoms with E-state index in [-0.39, 0.29) is 59.1 Å². The molecule has 3 aromatic carbocycles. The largest absolute Gasteiger partial charge is 0.508 e. The number of benzene rings is 3. The van der Waals surface area contributed by atoms with Crippen molar-refractivity contribution in [1.82, 2.24) is 0 Å². The van der Waals surface area contributed by atoms with Crippen LogP contribution in [0.5, 0.6) is 28.7 Å². The molecular weight excluding hydrogens is 554 g/mol. The first-order valence-corrected chi connectivity index (χ1v) is 12.1. The van der Waals surface area contributed by atoms with Gasteiger partial charge in [-0.1, -0.05) is 18.2 Å². The van der Waals surface area contributed by atoms with Crippen LogP contribution in [0.3, 0.4) is 0 Å². The second-order valence-electron chi connectivity index (χ2n) is 6.66. The van der Waals surface area contributed by atoms with Crippen molar-refractivity contribution in [2.75, 3.05) is 14.2 Å². The van der Waals surface area contributed by atoms with Gasteiger partial charge in [-0.2, -0.15) is 16.8 Å². The number of methoxy groups -OCH3 is 2. The van der Waals surface area contributed by atoms with Crippen molar-refractivity contribution in [3.05, 3.63) is 65.7 Å². The number of aromatic hydroxyl groups is 3. The molecule has 0 unspecified atom stereocenters. The molecule has 37 heavy (non-hydrogen) atoms. The van der Waals surface area contributed by atoms with Crippen molar-refractivity contribution >= 4 is 85.1 Å². The van der Waals surface area contributed by atoms with Crippen molar-refractivity contribution < 1.29 is 55.5 Å². The van der Waals surface area contributed by atoms with Gasteiger partial charge in [0.25, 0.3) is 20.2 Å². The standard InChI is InChI=1S/C15H14O11S2.C6H6O.2Na/c1-25-11-5-9(16)7(3-13(11)27(19,20)21)15(18)8-4-14(28(22,23)24)12(26-2)6-10(8)17;7-6-4-2-1-3-5-6;;/h3-6,16-17H,1-2H3,(H,19,20,21)(H,22,23,24);1-5,7H;;. The van der Waals surface area contributed by atoms with Gasteiger partial charge in [0, 0.05) is 71.2 Å². The van der Waals surface area contributed by atoms with Crippen molar-refractivity contribution in [2.45, 2.75) is 9.79 Å². The van der Waals surface area contributed by atoms with E-state index < -0.39 is 69.9 Å². The first-order valence-electron chi connectivity index (χ1n) is 9.26. The molecule has 0 saturated carbocycles. The summed E-state index contributed by atoms with van der Waals surface area (Å²) in [5.74, 6) is -3.38. The molecule has 16 heteroatoms. The first kappa shape index (κ1) is 35.2. The Hall–Kier alpha value is -1.85. The smallest absolute Gasteiger partial charge is 0.298 e. The average molecular weight is 574 g/mol. The number of carbonyl (C=O) groups excluding carboxylic acids is 1. The molecule has 0 bridgehead atoms. The summed E-state index contributed by atoms with van der Waals surface area (Å²) in [4.78, 5) is 11.0. The summed E-state index contributed by atoms with van der Waals surface area (Å²) in [6.07, 6.45) is 0. The summed E-state index contributed by atoms with van der Waals surface area (Å²) in [6.45, 7) is 0. The molecule has 0 aliphatic heterocycles. The van der Waals surface area contributed by atoms with Gasteiger partial charge in [0.2, 0.25) is 5.78 Å². The van der Waals surface area contributed by atoms with Gasteiger partial charge in [0.15, 0.2) is 0 Å². The van der Waals surface area contributed by atoms with Crippen molar-refractivity contribution in [2.24, 2.45) is 0 Å². The number of hydrogen-bond donors (Lipinski definition) is 5. The Balaban J connectivity index is 0.00000124. The van der Waals surface area contributed by atoms with E-state index in [4.69, 9.17) is 14.6 Å². The Labute approximate surface area is 257 Å². The van der Waals surface area contributed by atoms with E-state index in [0.29, 0.717) is 17.9 Å². The molecule has 190 valence electrons. The maximum Gasteiger partial charge on any atom is 0.298 e. The minimum Gasteiger partial charge on any atom is -0.508 e.